The van der Waals surface area contributed by atoms with Crippen molar-refractivity contribution >= 4 is 27.7 Å². The number of carbonyl (C=O) groups excluding carboxylic acids is 1. The van der Waals surface area contributed by atoms with Crippen molar-refractivity contribution < 1.29 is 4.79 Å². The molecule has 0 saturated heterocycles. The Balaban J connectivity index is 1.34. The number of nitrogens with two attached hydrogens (primary N) is 1. The molecule has 2 N–H and O–H groups in total. The number of aromatic nitrogens is 3. The maximum absolute atomic E-state index is 13.7. The molecule has 1 amide bonds. The Hall–Kier alpha value is -1.89. The summed E-state index contributed by atoms with van der Waals surface area (Å²) in [6.45, 7) is 1.26. The number of unbranched alkanes of at least 4 members (excludes halogenated alkanes) is 2. The molecule has 30 heavy (non-hydrogen) atoms. The van der Waals surface area contributed by atoms with Gasteiger partial charge >= 0.3 is 0 Å². The quantitative estimate of drug-likeness (QED) is 0.464. The third kappa shape index (κ3) is 4.41. The van der Waals surface area contributed by atoms with Gasteiger partial charge < -0.3 is 10.6 Å². The molecule has 1 aliphatic carbocycles. The van der Waals surface area contributed by atoms with E-state index < -0.39 is 0 Å². The molecule has 7 heteroatoms. The first kappa shape index (κ1) is 21.3. The second-order valence-corrected chi connectivity index (χ2v) is 9.76. The number of rotatable bonds is 7. The van der Waals surface area contributed by atoms with Crippen LogP contribution in [0.15, 0.2) is 22.8 Å². The minimum atomic E-state index is -0.184. The van der Waals surface area contributed by atoms with Crippen LogP contribution in [0.25, 0.3) is 0 Å². The van der Waals surface area contributed by atoms with Crippen molar-refractivity contribution in [3.63, 3.8) is 0 Å². The van der Waals surface area contributed by atoms with E-state index >= 15 is 0 Å². The van der Waals surface area contributed by atoms with Crippen LogP contribution in [0.1, 0.15) is 74.7 Å². The second-order valence-electron chi connectivity index (χ2n) is 8.95. The molecule has 0 unspecified atom stereocenters. The summed E-state index contributed by atoms with van der Waals surface area (Å²) in [7, 11) is 1.92. The zero-order valence-corrected chi connectivity index (χ0v) is 19.5. The van der Waals surface area contributed by atoms with Gasteiger partial charge in [-0.05, 0) is 60.2 Å². The predicted octanol–water partition coefficient (Wildman–Crippen LogP) is 4.76. The first-order valence-corrected chi connectivity index (χ1v) is 12.0. The molecule has 3 heterocycles. The van der Waals surface area contributed by atoms with Crippen LogP contribution in [0.5, 0.6) is 0 Å². The summed E-state index contributed by atoms with van der Waals surface area (Å²) >= 11 is 3.44. The molecule has 1 aliphatic heterocycles. The van der Waals surface area contributed by atoms with E-state index in [1.807, 2.05) is 28.8 Å². The summed E-state index contributed by atoms with van der Waals surface area (Å²) in [6, 6.07) is 6.09. The van der Waals surface area contributed by atoms with Crippen molar-refractivity contribution in [3.8, 4) is 0 Å². The summed E-state index contributed by atoms with van der Waals surface area (Å²) in [5, 5.41) is 4.31. The average molecular weight is 474 g/mol. The number of anilines is 1. The first-order valence-electron chi connectivity index (χ1n) is 11.2. The maximum atomic E-state index is 13.7. The van der Waals surface area contributed by atoms with Crippen molar-refractivity contribution in [2.45, 2.75) is 77.3 Å². The van der Waals surface area contributed by atoms with Gasteiger partial charge in [0, 0.05) is 23.7 Å². The Kier molecular flexibility index (Phi) is 6.46. The number of hydrogen-bond acceptors (Lipinski definition) is 4. The van der Waals surface area contributed by atoms with Gasteiger partial charge in [-0.3, -0.25) is 9.48 Å². The monoisotopic (exact) mass is 473 g/mol. The number of pyridine rings is 1. The summed E-state index contributed by atoms with van der Waals surface area (Å²) in [4.78, 5) is 20.2. The van der Waals surface area contributed by atoms with Crippen molar-refractivity contribution in [1.29, 1.82) is 0 Å². The molecule has 162 valence electrons. The third-order valence-corrected chi connectivity index (χ3v) is 7.35. The van der Waals surface area contributed by atoms with Gasteiger partial charge in [-0.1, -0.05) is 38.2 Å². The Labute approximate surface area is 187 Å². The number of aryl methyl sites for hydroxylation is 2. The van der Waals surface area contributed by atoms with E-state index in [0.29, 0.717) is 24.8 Å². The van der Waals surface area contributed by atoms with Gasteiger partial charge in [-0.15, -0.1) is 0 Å². The minimum Gasteiger partial charge on any atom is -0.382 e. The number of carbonyl (C=O) groups is 1. The van der Waals surface area contributed by atoms with Crippen LogP contribution in [-0.2, 0) is 31.4 Å². The van der Waals surface area contributed by atoms with Crippen molar-refractivity contribution in [1.82, 2.24) is 19.7 Å². The number of nitrogen functional groups attached to an aromatic ring is 1. The highest BCUT2D eigenvalue weighted by Gasteiger charge is 2.43. The highest BCUT2D eigenvalue weighted by atomic mass is 79.9. The molecular formula is C23H32BrN5O. The van der Waals surface area contributed by atoms with Crippen LogP contribution in [-0.4, -0.2) is 25.6 Å². The van der Waals surface area contributed by atoms with Crippen LogP contribution in [0.3, 0.4) is 0 Å². The molecule has 0 bridgehead atoms. The van der Waals surface area contributed by atoms with Gasteiger partial charge in [0.25, 0.3) is 0 Å². The molecule has 2 aliphatic rings. The second kappa shape index (κ2) is 9.08. The third-order valence-electron chi connectivity index (χ3n) is 6.91. The molecule has 4 rings (SSSR count). The number of fused-ring (bicyclic) bond motifs is 1. The van der Waals surface area contributed by atoms with Gasteiger partial charge in [-0.25, -0.2) is 4.98 Å². The molecule has 0 radical (unpaired) electrons. The van der Waals surface area contributed by atoms with E-state index in [1.54, 1.807) is 0 Å². The van der Waals surface area contributed by atoms with Crippen molar-refractivity contribution in [2.24, 2.45) is 12.5 Å². The van der Waals surface area contributed by atoms with Gasteiger partial charge in [0.05, 0.1) is 18.8 Å². The topological polar surface area (TPSA) is 77.0 Å². The molecule has 0 atom stereocenters. The predicted molar refractivity (Wildman–Crippen MR) is 122 cm³/mol. The number of amides is 1. The molecule has 0 spiro atoms. The Bertz CT molecular complexity index is 876. The van der Waals surface area contributed by atoms with E-state index in [-0.39, 0.29) is 5.41 Å². The largest absolute Gasteiger partial charge is 0.382 e. The fourth-order valence-electron chi connectivity index (χ4n) is 5.24. The van der Waals surface area contributed by atoms with Gasteiger partial charge in [0.2, 0.25) is 5.91 Å². The van der Waals surface area contributed by atoms with Gasteiger partial charge in [0.1, 0.15) is 4.60 Å². The van der Waals surface area contributed by atoms with Gasteiger partial charge in [-0.2, -0.15) is 5.10 Å². The fourth-order valence-corrected chi connectivity index (χ4v) is 5.62. The molecule has 0 aromatic carbocycles. The van der Waals surface area contributed by atoms with Crippen LogP contribution in [0, 0.1) is 5.41 Å². The minimum absolute atomic E-state index is 0.184. The maximum Gasteiger partial charge on any atom is 0.229 e. The lowest BCUT2D eigenvalue weighted by atomic mass is 9.70. The highest BCUT2D eigenvalue weighted by Crippen LogP contribution is 2.44. The van der Waals surface area contributed by atoms with E-state index in [9.17, 15) is 4.79 Å². The van der Waals surface area contributed by atoms with Crippen molar-refractivity contribution in [3.05, 3.63) is 39.8 Å². The van der Waals surface area contributed by atoms with E-state index in [0.717, 1.165) is 79.3 Å². The average Bonchev–Trinajstić information content (AvgIpc) is 3.29. The molecule has 1 fully saturated rings. The Morgan fingerprint density at radius 2 is 1.97 bits per heavy atom. The molecule has 2 aromatic rings. The Morgan fingerprint density at radius 3 is 2.70 bits per heavy atom. The summed E-state index contributed by atoms with van der Waals surface area (Å²) < 4.78 is 2.73. The normalized spacial score (nSPS) is 17.9. The first-order chi connectivity index (χ1) is 14.5. The lowest BCUT2D eigenvalue weighted by molar-refractivity contribution is -0.145. The van der Waals surface area contributed by atoms with Crippen LogP contribution < -0.4 is 5.73 Å². The summed E-state index contributed by atoms with van der Waals surface area (Å²) in [6.07, 6.45) is 11.0. The van der Waals surface area contributed by atoms with E-state index in [1.165, 1.54) is 6.42 Å². The lowest BCUT2D eigenvalue weighted by Gasteiger charge is -2.39. The SMILES string of the molecule is Cn1nc(N)c2c1CN(C(=O)C1(CCCCCc3cccc(Br)n3)CCCCC1)C2. The molecule has 6 nitrogen and oxygen atoms in total. The van der Waals surface area contributed by atoms with Gasteiger partial charge in [0.15, 0.2) is 5.82 Å². The Morgan fingerprint density at radius 1 is 1.17 bits per heavy atom. The zero-order chi connectivity index (χ0) is 21.1. The van der Waals surface area contributed by atoms with Crippen LogP contribution in [0.2, 0.25) is 0 Å². The highest BCUT2D eigenvalue weighted by molar-refractivity contribution is 9.10. The van der Waals surface area contributed by atoms with Crippen LogP contribution >= 0.6 is 15.9 Å². The lowest BCUT2D eigenvalue weighted by Crippen LogP contribution is -2.43. The molecular weight excluding hydrogens is 442 g/mol. The van der Waals surface area contributed by atoms with Crippen molar-refractivity contribution in [2.75, 3.05) is 5.73 Å². The van der Waals surface area contributed by atoms with Crippen LogP contribution in [0.4, 0.5) is 5.82 Å². The summed E-state index contributed by atoms with van der Waals surface area (Å²) in [5.74, 6) is 0.910. The van der Waals surface area contributed by atoms with E-state index in [2.05, 4.69) is 32.1 Å². The molecule has 2 aromatic heterocycles. The smallest absolute Gasteiger partial charge is 0.229 e. The molecule has 1 saturated carbocycles. The number of hydrogen-bond donors (Lipinski definition) is 1. The fraction of sp³-hybridized carbons (Fsp3) is 0.609. The van der Waals surface area contributed by atoms with E-state index in [4.69, 9.17) is 5.73 Å². The standard InChI is InChI=1S/C23H32BrN5O/c1-28-19-16-29(15-18(19)21(25)27-28)22(30)23(13-6-3-7-14-23)12-5-2-4-9-17-10-8-11-20(24)26-17/h8,10-11H,2-7,9,12-16H2,1H3,(H2,25,27). The number of halogens is 1. The zero-order valence-electron chi connectivity index (χ0n) is 17.9. The number of nitrogens with zero attached hydrogens (tertiary/aromatic N) is 4. The summed E-state index contributed by atoms with van der Waals surface area (Å²) in [5.41, 5.74) is 9.14.